The molecule has 1 heterocycles. The van der Waals surface area contributed by atoms with Crippen molar-refractivity contribution in [1.82, 2.24) is 10.2 Å². The summed E-state index contributed by atoms with van der Waals surface area (Å²) in [4.78, 5) is 38.8. The molecule has 0 aromatic heterocycles. The van der Waals surface area contributed by atoms with E-state index in [1.165, 1.54) is 0 Å². The molecule has 0 aliphatic carbocycles. The Kier molecular flexibility index (Phi) is 5.33. The summed E-state index contributed by atoms with van der Waals surface area (Å²) in [6, 6.07) is 13.5. The minimum atomic E-state index is -1.29. The van der Waals surface area contributed by atoms with Crippen LogP contribution in [0.15, 0.2) is 48.5 Å². The summed E-state index contributed by atoms with van der Waals surface area (Å²) in [5.41, 5.74) is 0.835. The molecule has 1 fully saturated rings. The monoisotopic (exact) mass is 384 g/mol. The van der Waals surface area contributed by atoms with E-state index in [2.05, 4.69) is 12.2 Å². The van der Waals surface area contributed by atoms with Crippen LogP contribution in [-0.2, 0) is 16.8 Å². The molecular formula is C21H21ClN2O3. The van der Waals surface area contributed by atoms with Crippen LogP contribution >= 0.6 is 11.6 Å². The first kappa shape index (κ1) is 19.1. The van der Waals surface area contributed by atoms with Gasteiger partial charge in [0.15, 0.2) is 5.78 Å². The fourth-order valence-corrected chi connectivity index (χ4v) is 3.60. The summed E-state index contributed by atoms with van der Waals surface area (Å²) >= 11 is 6.21. The lowest BCUT2D eigenvalue weighted by molar-refractivity contribution is -0.130. The van der Waals surface area contributed by atoms with Crippen LogP contribution in [0.2, 0.25) is 5.02 Å². The number of rotatable bonds is 6. The van der Waals surface area contributed by atoms with Crippen LogP contribution in [0.4, 0.5) is 4.79 Å². The summed E-state index contributed by atoms with van der Waals surface area (Å²) in [7, 11) is 0. The van der Waals surface area contributed by atoms with Gasteiger partial charge in [-0.3, -0.25) is 14.5 Å². The molecule has 27 heavy (non-hydrogen) atoms. The lowest BCUT2D eigenvalue weighted by Crippen LogP contribution is -2.41. The minimum absolute atomic E-state index is 0.287. The van der Waals surface area contributed by atoms with Crippen LogP contribution in [0.3, 0.4) is 0 Å². The Hall–Kier alpha value is -2.66. The molecule has 1 unspecified atom stereocenters. The molecule has 3 amide bonds. The molecule has 1 aliphatic rings. The summed E-state index contributed by atoms with van der Waals surface area (Å²) in [6.07, 6.45) is 1.97. The van der Waals surface area contributed by atoms with Crippen molar-refractivity contribution in [3.05, 3.63) is 70.2 Å². The molecular weight excluding hydrogens is 364 g/mol. The molecule has 5 nitrogen and oxygen atoms in total. The van der Waals surface area contributed by atoms with Gasteiger partial charge in [-0.2, -0.15) is 0 Å². The quantitative estimate of drug-likeness (QED) is 0.606. The minimum Gasteiger partial charge on any atom is -0.319 e. The normalized spacial score (nSPS) is 19.3. The number of halogens is 1. The van der Waals surface area contributed by atoms with Gasteiger partial charge < -0.3 is 5.32 Å². The predicted octanol–water partition coefficient (Wildman–Crippen LogP) is 3.94. The SMILES string of the molecule is CCCc1ccc(C(=O)CN2C(=O)NC(C)(c3ccccc3Cl)C2=O)cc1. The number of imide groups is 1. The summed E-state index contributed by atoms with van der Waals surface area (Å²) < 4.78 is 0. The molecule has 0 spiro atoms. The van der Waals surface area contributed by atoms with Gasteiger partial charge in [-0.25, -0.2) is 4.79 Å². The maximum absolute atomic E-state index is 12.9. The van der Waals surface area contributed by atoms with Crippen molar-refractivity contribution in [3.63, 3.8) is 0 Å². The number of benzene rings is 2. The number of carbonyl (C=O) groups is 3. The number of hydrogen-bond acceptors (Lipinski definition) is 3. The van der Waals surface area contributed by atoms with Crippen LogP contribution in [0, 0.1) is 0 Å². The Labute approximate surface area is 163 Å². The van der Waals surface area contributed by atoms with E-state index in [1.54, 1.807) is 43.3 Å². The van der Waals surface area contributed by atoms with Crippen molar-refractivity contribution in [3.8, 4) is 0 Å². The topological polar surface area (TPSA) is 66.5 Å². The van der Waals surface area contributed by atoms with E-state index in [4.69, 9.17) is 11.6 Å². The number of aryl methyl sites for hydroxylation is 1. The zero-order valence-corrected chi connectivity index (χ0v) is 16.0. The van der Waals surface area contributed by atoms with Crippen molar-refractivity contribution in [1.29, 1.82) is 0 Å². The number of ketones is 1. The smallest absolute Gasteiger partial charge is 0.319 e. The molecule has 2 aromatic rings. The summed E-state index contributed by atoms with van der Waals surface area (Å²) in [6.45, 7) is 3.38. The summed E-state index contributed by atoms with van der Waals surface area (Å²) in [5.74, 6) is -0.776. The van der Waals surface area contributed by atoms with Gasteiger partial charge >= 0.3 is 6.03 Å². The highest BCUT2D eigenvalue weighted by Gasteiger charge is 2.50. The highest BCUT2D eigenvalue weighted by Crippen LogP contribution is 2.33. The van der Waals surface area contributed by atoms with Gasteiger partial charge in [0.05, 0.1) is 6.54 Å². The van der Waals surface area contributed by atoms with Crippen LogP contribution < -0.4 is 5.32 Å². The average molecular weight is 385 g/mol. The van der Waals surface area contributed by atoms with Crippen LogP contribution in [0.25, 0.3) is 0 Å². The zero-order chi connectivity index (χ0) is 19.6. The molecule has 1 atom stereocenters. The Morgan fingerprint density at radius 3 is 2.41 bits per heavy atom. The molecule has 1 aliphatic heterocycles. The van der Waals surface area contributed by atoms with E-state index in [-0.39, 0.29) is 12.3 Å². The van der Waals surface area contributed by atoms with E-state index in [0.717, 1.165) is 23.3 Å². The van der Waals surface area contributed by atoms with Crippen LogP contribution in [-0.4, -0.2) is 29.2 Å². The molecule has 0 saturated carbocycles. The first-order valence-corrected chi connectivity index (χ1v) is 9.26. The highest BCUT2D eigenvalue weighted by molar-refractivity contribution is 6.32. The second-order valence-corrected chi connectivity index (χ2v) is 7.20. The highest BCUT2D eigenvalue weighted by atomic mass is 35.5. The van der Waals surface area contributed by atoms with Crippen molar-refractivity contribution in [2.24, 2.45) is 0 Å². The predicted molar refractivity (Wildman–Crippen MR) is 104 cm³/mol. The number of hydrogen-bond donors (Lipinski definition) is 1. The van der Waals surface area contributed by atoms with Gasteiger partial charge in [0, 0.05) is 16.1 Å². The van der Waals surface area contributed by atoms with Gasteiger partial charge in [0.2, 0.25) is 0 Å². The molecule has 2 aromatic carbocycles. The first-order chi connectivity index (χ1) is 12.9. The average Bonchev–Trinajstić information content (AvgIpc) is 2.87. The number of nitrogens with zero attached hydrogens (tertiary/aromatic N) is 1. The standard InChI is InChI=1S/C21H21ClN2O3/c1-3-6-14-9-11-15(12-10-14)18(25)13-24-19(26)21(2,23-20(24)27)16-7-4-5-8-17(16)22/h4-5,7-12H,3,6,13H2,1-2H3,(H,23,27). The van der Waals surface area contributed by atoms with E-state index < -0.39 is 17.5 Å². The molecule has 0 radical (unpaired) electrons. The summed E-state index contributed by atoms with van der Waals surface area (Å²) in [5, 5.41) is 3.05. The van der Waals surface area contributed by atoms with E-state index in [9.17, 15) is 14.4 Å². The number of Topliss-reactive ketones (excluding diaryl/α,β-unsaturated/α-hetero) is 1. The third-order valence-electron chi connectivity index (χ3n) is 4.80. The van der Waals surface area contributed by atoms with Crippen molar-refractivity contribution >= 4 is 29.3 Å². The molecule has 140 valence electrons. The van der Waals surface area contributed by atoms with Crippen LogP contribution in [0.5, 0.6) is 0 Å². The Bertz CT molecular complexity index is 895. The zero-order valence-electron chi connectivity index (χ0n) is 15.3. The number of nitrogens with one attached hydrogen (secondary N) is 1. The molecule has 3 rings (SSSR count). The molecule has 0 bridgehead atoms. The Morgan fingerprint density at radius 1 is 1.11 bits per heavy atom. The molecule has 6 heteroatoms. The lowest BCUT2D eigenvalue weighted by Gasteiger charge is -2.23. The van der Waals surface area contributed by atoms with Crippen LogP contribution in [0.1, 0.15) is 41.8 Å². The van der Waals surface area contributed by atoms with E-state index in [1.807, 2.05) is 12.1 Å². The second-order valence-electron chi connectivity index (χ2n) is 6.80. The van der Waals surface area contributed by atoms with E-state index in [0.29, 0.717) is 16.1 Å². The first-order valence-electron chi connectivity index (χ1n) is 8.88. The number of amides is 3. The fourth-order valence-electron chi connectivity index (χ4n) is 3.27. The third kappa shape index (κ3) is 3.60. The van der Waals surface area contributed by atoms with Gasteiger partial charge in [-0.15, -0.1) is 0 Å². The Balaban J connectivity index is 1.79. The third-order valence-corrected chi connectivity index (χ3v) is 5.13. The fraction of sp³-hybridized carbons (Fsp3) is 0.286. The maximum atomic E-state index is 12.9. The largest absolute Gasteiger partial charge is 0.325 e. The molecule has 1 saturated heterocycles. The Morgan fingerprint density at radius 2 is 1.78 bits per heavy atom. The lowest BCUT2D eigenvalue weighted by atomic mass is 9.92. The maximum Gasteiger partial charge on any atom is 0.325 e. The van der Waals surface area contributed by atoms with Crippen molar-refractivity contribution in [2.75, 3.05) is 6.54 Å². The molecule has 1 N–H and O–H groups in total. The second kappa shape index (κ2) is 7.53. The van der Waals surface area contributed by atoms with Gasteiger partial charge in [-0.1, -0.05) is 67.4 Å². The van der Waals surface area contributed by atoms with Gasteiger partial charge in [0.1, 0.15) is 5.54 Å². The van der Waals surface area contributed by atoms with Gasteiger partial charge in [-0.05, 0) is 25.0 Å². The number of urea groups is 1. The van der Waals surface area contributed by atoms with E-state index >= 15 is 0 Å². The van der Waals surface area contributed by atoms with Crippen molar-refractivity contribution in [2.45, 2.75) is 32.2 Å². The van der Waals surface area contributed by atoms with Gasteiger partial charge in [0.25, 0.3) is 5.91 Å². The number of carbonyl (C=O) groups excluding carboxylic acids is 3. The van der Waals surface area contributed by atoms with Crippen molar-refractivity contribution < 1.29 is 14.4 Å².